The maximum absolute atomic E-state index is 13.1. The van der Waals surface area contributed by atoms with E-state index in [-0.39, 0.29) is 17.7 Å². The molecule has 0 unspecified atom stereocenters. The minimum absolute atomic E-state index is 0.197. The van der Waals surface area contributed by atoms with E-state index in [2.05, 4.69) is 0 Å². The zero-order valence-electron chi connectivity index (χ0n) is 19.3. The van der Waals surface area contributed by atoms with Gasteiger partial charge in [-0.05, 0) is 76.1 Å². The van der Waals surface area contributed by atoms with Crippen molar-refractivity contribution >= 4 is 45.7 Å². The Morgan fingerprint density at radius 1 is 0.889 bits per heavy atom. The Balaban J connectivity index is 1.32. The highest BCUT2D eigenvalue weighted by Crippen LogP contribution is 2.34. The number of carbonyl (C=O) groups is 3. The number of fused-ring (bicyclic) bond motifs is 1. The van der Waals surface area contributed by atoms with Crippen LogP contribution in [-0.2, 0) is 11.3 Å². The Kier molecular flexibility index (Phi) is 6.56. The van der Waals surface area contributed by atoms with Crippen LogP contribution in [0.1, 0.15) is 21.5 Å². The normalized spacial score (nSPS) is 14.5. The lowest BCUT2D eigenvalue weighted by Gasteiger charge is -2.14. The minimum Gasteiger partial charge on any atom is -0.497 e. The van der Waals surface area contributed by atoms with Crippen molar-refractivity contribution < 1.29 is 23.9 Å². The zero-order valence-corrected chi connectivity index (χ0v) is 20.2. The smallest absolute Gasteiger partial charge is 0.343 e. The SMILES string of the molecule is COc1ccc(C(=O)Oc2cccc(/C=C3\SC(=O)N(Cc4cccc5ccccc45)C3=O)c2)cc1. The molecule has 0 radical (unpaired) electrons. The van der Waals surface area contributed by atoms with Crippen molar-refractivity contribution in [3.05, 3.63) is 113 Å². The van der Waals surface area contributed by atoms with Crippen LogP contribution < -0.4 is 9.47 Å². The van der Waals surface area contributed by atoms with Gasteiger partial charge in [-0.25, -0.2) is 4.79 Å². The van der Waals surface area contributed by atoms with E-state index in [9.17, 15) is 14.4 Å². The number of thioether (sulfide) groups is 1. The monoisotopic (exact) mass is 495 g/mol. The quantitative estimate of drug-likeness (QED) is 0.177. The first kappa shape index (κ1) is 23.4. The third-order valence-corrected chi connectivity index (χ3v) is 6.68. The molecule has 0 saturated carbocycles. The average molecular weight is 496 g/mol. The molecule has 0 bridgehead atoms. The molecule has 4 aromatic carbocycles. The van der Waals surface area contributed by atoms with E-state index in [1.165, 1.54) is 4.90 Å². The number of esters is 1. The summed E-state index contributed by atoms with van der Waals surface area (Å²) in [6.07, 6.45) is 1.64. The van der Waals surface area contributed by atoms with Crippen LogP contribution in [0, 0.1) is 0 Å². The molecule has 1 aliphatic rings. The molecule has 2 amide bonds. The molecule has 5 rings (SSSR count). The van der Waals surface area contributed by atoms with Crippen LogP contribution in [0.25, 0.3) is 16.8 Å². The van der Waals surface area contributed by atoms with Gasteiger partial charge in [0.15, 0.2) is 0 Å². The average Bonchev–Trinajstić information content (AvgIpc) is 3.16. The first-order chi connectivity index (χ1) is 17.5. The lowest BCUT2D eigenvalue weighted by Crippen LogP contribution is -2.27. The first-order valence-corrected chi connectivity index (χ1v) is 12.0. The van der Waals surface area contributed by atoms with Gasteiger partial charge in [-0.2, -0.15) is 0 Å². The predicted molar refractivity (Wildman–Crippen MR) is 140 cm³/mol. The summed E-state index contributed by atoms with van der Waals surface area (Å²) in [5.74, 6) is 0.117. The maximum Gasteiger partial charge on any atom is 0.343 e. The highest BCUT2D eigenvalue weighted by atomic mass is 32.2. The van der Waals surface area contributed by atoms with Crippen LogP contribution in [-0.4, -0.2) is 29.1 Å². The second kappa shape index (κ2) is 10.1. The topological polar surface area (TPSA) is 72.9 Å². The molecule has 36 heavy (non-hydrogen) atoms. The fourth-order valence-electron chi connectivity index (χ4n) is 3.95. The molecule has 1 fully saturated rings. The Morgan fingerprint density at radius 3 is 2.44 bits per heavy atom. The molecule has 6 nitrogen and oxygen atoms in total. The van der Waals surface area contributed by atoms with Crippen molar-refractivity contribution in [2.24, 2.45) is 0 Å². The van der Waals surface area contributed by atoms with Gasteiger partial charge in [-0.3, -0.25) is 14.5 Å². The van der Waals surface area contributed by atoms with Gasteiger partial charge in [0.1, 0.15) is 11.5 Å². The molecule has 0 aromatic heterocycles. The molecule has 7 heteroatoms. The van der Waals surface area contributed by atoms with E-state index >= 15 is 0 Å². The van der Waals surface area contributed by atoms with Crippen LogP contribution in [0.5, 0.6) is 11.5 Å². The van der Waals surface area contributed by atoms with Gasteiger partial charge in [0.25, 0.3) is 11.1 Å². The molecule has 1 heterocycles. The molecule has 1 aliphatic heterocycles. The molecular weight excluding hydrogens is 474 g/mol. The van der Waals surface area contributed by atoms with Gasteiger partial charge in [0.2, 0.25) is 0 Å². The predicted octanol–water partition coefficient (Wildman–Crippen LogP) is 6.30. The number of hydrogen-bond acceptors (Lipinski definition) is 6. The van der Waals surface area contributed by atoms with E-state index in [1.54, 1.807) is 61.7 Å². The summed E-state index contributed by atoms with van der Waals surface area (Å²) < 4.78 is 10.6. The van der Waals surface area contributed by atoms with Gasteiger partial charge in [-0.15, -0.1) is 0 Å². The molecule has 178 valence electrons. The van der Waals surface area contributed by atoms with E-state index in [0.29, 0.717) is 27.5 Å². The van der Waals surface area contributed by atoms with Crippen molar-refractivity contribution in [3.8, 4) is 11.5 Å². The van der Waals surface area contributed by atoms with Crippen molar-refractivity contribution in [2.45, 2.75) is 6.54 Å². The fraction of sp³-hybridized carbons (Fsp3) is 0.0690. The minimum atomic E-state index is -0.509. The molecule has 0 N–H and O–H groups in total. The second-order valence-electron chi connectivity index (χ2n) is 8.10. The highest BCUT2D eigenvalue weighted by molar-refractivity contribution is 8.18. The summed E-state index contributed by atoms with van der Waals surface area (Å²) >= 11 is 0.900. The van der Waals surface area contributed by atoms with Gasteiger partial charge in [0.05, 0.1) is 24.1 Å². The number of carbonyl (C=O) groups excluding carboxylic acids is 3. The van der Waals surface area contributed by atoms with Crippen LogP contribution >= 0.6 is 11.8 Å². The Hall–Kier alpha value is -4.36. The first-order valence-electron chi connectivity index (χ1n) is 11.2. The number of nitrogens with zero attached hydrogens (tertiary/aromatic N) is 1. The summed E-state index contributed by atoms with van der Waals surface area (Å²) in [7, 11) is 1.55. The highest BCUT2D eigenvalue weighted by Gasteiger charge is 2.35. The summed E-state index contributed by atoms with van der Waals surface area (Å²) in [4.78, 5) is 39.8. The number of hydrogen-bond donors (Lipinski definition) is 0. The number of amides is 2. The summed E-state index contributed by atoms with van der Waals surface area (Å²) in [6.45, 7) is 0.197. The summed E-state index contributed by atoms with van der Waals surface area (Å²) in [6, 6.07) is 27.2. The van der Waals surface area contributed by atoms with Gasteiger partial charge in [-0.1, -0.05) is 54.6 Å². The zero-order chi connectivity index (χ0) is 25.1. The number of benzene rings is 4. The third kappa shape index (κ3) is 4.87. The maximum atomic E-state index is 13.1. The summed E-state index contributed by atoms with van der Waals surface area (Å²) in [5, 5.41) is 1.74. The molecular formula is C29H21NO5S. The number of methoxy groups -OCH3 is 1. The van der Waals surface area contributed by atoms with Gasteiger partial charge in [0, 0.05) is 0 Å². The van der Waals surface area contributed by atoms with Crippen LogP contribution in [0.15, 0.2) is 95.9 Å². The van der Waals surface area contributed by atoms with Crippen LogP contribution in [0.3, 0.4) is 0 Å². The van der Waals surface area contributed by atoms with E-state index < -0.39 is 5.97 Å². The Morgan fingerprint density at radius 2 is 1.64 bits per heavy atom. The third-order valence-electron chi connectivity index (χ3n) is 5.77. The van der Waals surface area contributed by atoms with Crippen molar-refractivity contribution in [3.63, 3.8) is 0 Å². The standard InChI is InChI=1S/C29H21NO5S/c1-34-23-14-12-21(13-15-23)28(32)35-24-10-4-6-19(16-24)17-26-27(31)30(29(33)36-26)18-22-9-5-8-20-7-2-3-11-25(20)22/h2-17H,18H2,1H3/b26-17-. The van der Waals surface area contributed by atoms with Gasteiger partial charge >= 0.3 is 5.97 Å². The molecule has 0 atom stereocenters. The number of imide groups is 1. The lowest BCUT2D eigenvalue weighted by molar-refractivity contribution is -0.123. The van der Waals surface area contributed by atoms with E-state index in [0.717, 1.165) is 28.1 Å². The van der Waals surface area contributed by atoms with E-state index in [4.69, 9.17) is 9.47 Å². The van der Waals surface area contributed by atoms with Crippen molar-refractivity contribution in [1.82, 2.24) is 4.90 Å². The molecule has 1 saturated heterocycles. The number of ether oxygens (including phenoxy) is 2. The summed E-state index contributed by atoms with van der Waals surface area (Å²) in [5.41, 5.74) is 1.94. The van der Waals surface area contributed by atoms with E-state index in [1.807, 2.05) is 42.5 Å². The van der Waals surface area contributed by atoms with Gasteiger partial charge < -0.3 is 9.47 Å². The molecule has 0 aliphatic carbocycles. The van der Waals surface area contributed by atoms with Crippen LogP contribution in [0.2, 0.25) is 0 Å². The molecule has 0 spiro atoms. The fourth-order valence-corrected chi connectivity index (χ4v) is 4.79. The number of rotatable bonds is 6. The van der Waals surface area contributed by atoms with Crippen LogP contribution in [0.4, 0.5) is 4.79 Å². The lowest BCUT2D eigenvalue weighted by atomic mass is 10.0. The Bertz CT molecular complexity index is 1500. The second-order valence-corrected chi connectivity index (χ2v) is 9.09. The largest absolute Gasteiger partial charge is 0.497 e. The Labute approximate surface area is 212 Å². The molecule has 4 aromatic rings. The van der Waals surface area contributed by atoms with Crippen molar-refractivity contribution in [2.75, 3.05) is 7.11 Å². The van der Waals surface area contributed by atoms with Crippen molar-refractivity contribution in [1.29, 1.82) is 0 Å².